The molecule has 0 unspecified atom stereocenters. The maximum Gasteiger partial charge on any atom is 0.219 e. The zero-order valence-corrected chi connectivity index (χ0v) is 13.2. The number of carbonyl (C=O) groups excluding carboxylic acids is 1. The van der Waals surface area contributed by atoms with Gasteiger partial charge in [0.25, 0.3) is 0 Å². The quantitative estimate of drug-likeness (QED) is 0.753. The molecule has 4 heteroatoms. The molecule has 2 nitrogen and oxygen atoms in total. The van der Waals surface area contributed by atoms with E-state index in [1.54, 1.807) is 31.3 Å². The van der Waals surface area contributed by atoms with E-state index in [-0.39, 0.29) is 23.5 Å². The van der Waals surface area contributed by atoms with Gasteiger partial charge < -0.3 is 5.32 Å². The third-order valence-corrected chi connectivity index (χ3v) is 3.97. The lowest BCUT2D eigenvalue weighted by Crippen LogP contribution is -2.17. The molecule has 2 aromatic carbocycles. The van der Waals surface area contributed by atoms with Crippen LogP contribution in [0.5, 0.6) is 0 Å². The third kappa shape index (κ3) is 5.16. The summed E-state index contributed by atoms with van der Waals surface area (Å²) in [5.74, 6) is -0.441. The first-order valence-corrected chi connectivity index (χ1v) is 7.81. The van der Waals surface area contributed by atoms with Crippen molar-refractivity contribution >= 4 is 5.91 Å². The number of carbonyl (C=O) groups is 1. The molecule has 122 valence electrons. The van der Waals surface area contributed by atoms with Crippen molar-refractivity contribution in [1.82, 2.24) is 5.32 Å². The summed E-state index contributed by atoms with van der Waals surface area (Å²) in [7, 11) is 1.63. The predicted octanol–water partition coefficient (Wildman–Crippen LogP) is 4.40. The van der Waals surface area contributed by atoms with Crippen LogP contribution in [-0.4, -0.2) is 13.0 Å². The summed E-state index contributed by atoms with van der Waals surface area (Å²) in [5.41, 5.74) is 2.00. The molecule has 0 aromatic heterocycles. The Kier molecular flexibility index (Phi) is 6.27. The van der Waals surface area contributed by atoms with Crippen molar-refractivity contribution < 1.29 is 13.6 Å². The Balaban J connectivity index is 2.10. The van der Waals surface area contributed by atoms with E-state index in [9.17, 15) is 13.6 Å². The summed E-state index contributed by atoms with van der Waals surface area (Å²) in [5, 5.41) is 2.61. The van der Waals surface area contributed by atoms with Crippen LogP contribution < -0.4 is 5.32 Å². The van der Waals surface area contributed by atoms with E-state index in [1.807, 2.05) is 0 Å². The summed E-state index contributed by atoms with van der Waals surface area (Å²) in [6.45, 7) is 0. The molecule has 0 heterocycles. The van der Waals surface area contributed by atoms with Crippen molar-refractivity contribution in [2.75, 3.05) is 7.05 Å². The van der Waals surface area contributed by atoms with Crippen molar-refractivity contribution in [2.24, 2.45) is 0 Å². The standard InChI is InChI=1S/C19H21F2NO/c1-22-19(23)5-3-2-4-18(14-6-10-16(20)11-7-14)15-8-12-17(21)13-9-15/h6-13,18H,2-5H2,1H3,(H,22,23). The van der Waals surface area contributed by atoms with Gasteiger partial charge in [-0.2, -0.15) is 0 Å². The molecule has 1 N–H and O–H groups in total. The summed E-state index contributed by atoms with van der Waals surface area (Å²) < 4.78 is 26.3. The van der Waals surface area contributed by atoms with E-state index in [2.05, 4.69) is 5.32 Å². The number of nitrogens with one attached hydrogen (secondary N) is 1. The van der Waals surface area contributed by atoms with Gasteiger partial charge in [-0.1, -0.05) is 30.7 Å². The first-order valence-electron chi connectivity index (χ1n) is 7.81. The van der Waals surface area contributed by atoms with Crippen LogP contribution in [0, 0.1) is 11.6 Å². The van der Waals surface area contributed by atoms with Gasteiger partial charge in [0.2, 0.25) is 5.91 Å². The van der Waals surface area contributed by atoms with E-state index in [1.165, 1.54) is 24.3 Å². The van der Waals surface area contributed by atoms with E-state index in [4.69, 9.17) is 0 Å². The largest absolute Gasteiger partial charge is 0.359 e. The van der Waals surface area contributed by atoms with Crippen molar-refractivity contribution in [3.63, 3.8) is 0 Å². The van der Waals surface area contributed by atoms with Crippen LogP contribution in [0.15, 0.2) is 48.5 Å². The third-order valence-electron chi connectivity index (χ3n) is 3.97. The van der Waals surface area contributed by atoms with E-state index in [0.29, 0.717) is 6.42 Å². The minimum atomic E-state index is -0.272. The molecular weight excluding hydrogens is 296 g/mol. The van der Waals surface area contributed by atoms with Crippen molar-refractivity contribution in [3.05, 3.63) is 71.3 Å². The predicted molar refractivity (Wildman–Crippen MR) is 87.2 cm³/mol. The lowest BCUT2D eigenvalue weighted by molar-refractivity contribution is -0.120. The highest BCUT2D eigenvalue weighted by atomic mass is 19.1. The second kappa shape index (κ2) is 8.42. The lowest BCUT2D eigenvalue weighted by Gasteiger charge is -2.18. The van der Waals surface area contributed by atoms with Crippen molar-refractivity contribution in [1.29, 1.82) is 0 Å². The van der Waals surface area contributed by atoms with Gasteiger partial charge in [0.15, 0.2) is 0 Å². The highest BCUT2D eigenvalue weighted by Crippen LogP contribution is 2.30. The molecule has 0 saturated carbocycles. The van der Waals surface area contributed by atoms with Crippen molar-refractivity contribution in [3.8, 4) is 0 Å². The minimum absolute atomic E-state index is 0.0325. The van der Waals surface area contributed by atoms with Gasteiger partial charge >= 0.3 is 0 Å². The van der Waals surface area contributed by atoms with Gasteiger partial charge in [-0.15, -0.1) is 0 Å². The summed E-state index contributed by atoms with van der Waals surface area (Å²) >= 11 is 0. The molecule has 23 heavy (non-hydrogen) atoms. The Labute approximate surface area is 135 Å². The van der Waals surface area contributed by atoms with Gasteiger partial charge in [0.05, 0.1) is 0 Å². The fourth-order valence-electron chi connectivity index (χ4n) is 2.67. The van der Waals surface area contributed by atoms with Crippen LogP contribution in [0.25, 0.3) is 0 Å². The molecular formula is C19H21F2NO. The van der Waals surface area contributed by atoms with Crippen LogP contribution in [-0.2, 0) is 4.79 Å². The second-order valence-electron chi connectivity index (χ2n) is 5.57. The molecule has 0 spiro atoms. The number of rotatable bonds is 7. The van der Waals surface area contributed by atoms with Gasteiger partial charge in [-0.25, -0.2) is 8.78 Å². The maximum absolute atomic E-state index is 13.1. The molecule has 1 amide bonds. The first-order chi connectivity index (χ1) is 11.1. The zero-order chi connectivity index (χ0) is 16.7. The fraction of sp³-hybridized carbons (Fsp3) is 0.316. The van der Waals surface area contributed by atoms with E-state index >= 15 is 0 Å². The number of unbranched alkanes of at least 4 members (excludes halogenated alkanes) is 1. The Morgan fingerprint density at radius 2 is 1.39 bits per heavy atom. The fourth-order valence-corrected chi connectivity index (χ4v) is 2.67. The minimum Gasteiger partial charge on any atom is -0.359 e. The van der Waals surface area contributed by atoms with Gasteiger partial charge in [-0.05, 0) is 48.2 Å². The van der Waals surface area contributed by atoms with Gasteiger partial charge in [0.1, 0.15) is 11.6 Å². The Hall–Kier alpha value is -2.23. The first kappa shape index (κ1) is 17.1. The molecule has 2 aromatic rings. The molecule has 0 aliphatic rings. The van der Waals surface area contributed by atoms with Crippen LogP contribution in [0.1, 0.15) is 42.7 Å². The molecule has 2 rings (SSSR count). The summed E-state index contributed by atoms with van der Waals surface area (Å²) in [6.07, 6.45) is 2.98. The molecule has 0 atom stereocenters. The smallest absolute Gasteiger partial charge is 0.219 e. The van der Waals surface area contributed by atoms with Gasteiger partial charge in [-0.3, -0.25) is 4.79 Å². The van der Waals surface area contributed by atoms with Crippen LogP contribution in [0.3, 0.4) is 0 Å². The highest BCUT2D eigenvalue weighted by Gasteiger charge is 2.14. The Bertz CT molecular complexity index is 577. The molecule has 0 aliphatic carbocycles. The maximum atomic E-state index is 13.1. The van der Waals surface area contributed by atoms with Gasteiger partial charge in [0, 0.05) is 19.4 Å². The number of hydrogen-bond donors (Lipinski definition) is 1. The Morgan fingerprint density at radius 1 is 0.913 bits per heavy atom. The highest BCUT2D eigenvalue weighted by molar-refractivity contribution is 5.75. The molecule has 0 aliphatic heterocycles. The number of amides is 1. The number of halogens is 2. The molecule has 0 saturated heterocycles. The monoisotopic (exact) mass is 317 g/mol. The SMILES string of the molecule is CNC(=O)CCCCC(c1ccc(F)cc1)c1ccc(F)cc1. The lowest BCUT2D eigenvalue weighted by atomic mass is 9.87. The summed E-state index contributed by atoms with van der Waals surface area (Å²) in [4.78, 5) is 11.3. The molecule has 0 bridgehead atoms. The van der Waals surface area contributed by atoms with E-state index < -0.39 is 0 Å². The average Bonchev–Trinajstić information content (AvgIpc) is 2.57. The normalized spacial score (nSPS) is 10.8. The van der Waals surface area contributed by atoms with E-state index in [0.717, 1.165) is 30.4 Å². The summed E-state index contributed by atoms with van der Waals surface area (Å²) in [6, 6.07) is 12.8. The van der Waals surface area contributed by atoms with Crippen molar-refractivity contribution in [2.45, 2.75) is 31.6 Å². The van der Waals surface area contributed by atoms with Crippen LogP contribution >= 0.6 is 0 Å². The number of benzene rings is 2. The Morgan fingerprint density at radius 3 is 1.83 bits per heavy atom. The number of hydrogen-bond acceptors (Lipinski definition) is 1. The average molecular weight is 317 g/mol. The molecule has 0 fully saturated rings. The topological polar surface area (TPSA) is 29.1 Å². The van der Waals surface area contributed by atoms with Crippen LogP contribution in [0.4, 0.5) is 8.78 Å². The zero-order valence-electron chi connectivity index (χ0n) is 13.2. The van der Waals surface area contributed by atoms with Crippen LogP contribution in [0.2, 0.25) is 0 Å². The second-order valence-corrected chi connectivity index (χ2v) is 5.57. The molecule has 0 radical (unpaired) electrons.